The molecule has 0 bridgehead atoms. The molecule has 0 aliphatic heterocycles. The van der Waals surface area contributed by atoms with Crippen molar-refractivity contribution < 1.29 is 9.47 Å². The van der Waals surface area contributed by atoms with Gasteiger partial charge in [0.25, 0.3) is 0 Å². The van der Waals surface area contributed by atoms with Gasteiger partial charge in [0.1, 0.15) is 17.2 Å². The Morgan fingerprint density at radius 1 is 1.19 bits per heavy atom. The normalized spacial score (nSPS) is 10.8. The first-order chi connectivity index (χ1) is 10.2. The lowest BCUT2D eigenvalue weighted by molar-refractivity contribution is 0.297. The number of halogens is 1. The quantitative estimate of drug-likeness (QED) is 0.674. The molecule has 0 saturated heterocycles. The standard InChI is InChI=1S/C15H13ClN2O2S/c1-9-7-12-13(17-15(16)18-14(12)21-9)20-8-10-3-5-11(19-2)6-4-10/h3-7H,8H2,1-2H3. The summed E-state index contributed by atoms with van der Waals surface area (Å²) in [4.78, 5) is 10.4. The maximum absolute atomic E-state index is 5.94. The molecule has 0 aliphatic rings. The van der Waals surface area contributed by atoms with Crippen LogP contribution in [0.2, 0.25) is 5.28 Å². The fraction of sp³-hybridized carbons (Fsp3) is 0.200. The van der Waals surface area contributed by atoms with Gasteiger partial charge in [0, 0.05) is 4.88 Å². The minimum Gasteiger partial charge on any atom is -0.497 e. The average Bonchev–Trinajstić information content (AvgIpc) is 2.85. The van der Waals surface area contributed by atoms with Crippen LogP contribution in [0.15, 0.2) is 30.3 Å². The lowest BCUT2D eigenvalue weighted by Crippen LogP contribution is -1.98. The molecule has 0 N–H and O–H groups in total. The first-order valence-electron chi connectivity index (χ1n) is 6.35. The molecule has 0 radical (unpaired) electrons. The highest BCUT2D eigenvalue weighted by molar-refractivity contribution is 7.18. The van der Waals surface area contributed by atoms with Gasteiger partial charge in [-0.3, -0.25) is 0 Å². The molecule has 1 aromatic carbocycles. The number of hydrogen-bond donors (Lipinski definition) is 0. The van der Waals surface area contributed by atoms with E-state index in [9.17, 15) is 0 Å². The number of aryl methyl sites for hydroxylation is 1. The Bertz CT molecular complexity index is 771. The molecule has 108 valence electrons. The minimum absolute atomic E-state index is 0.203. The third kappa shape index (κ3) is 3.09. The van der Waals surface area contributed by atoms with Crippen molar-refractivity contribution in [2.75, 3.05) is 7.11 Å². The Morgan fingerprint density at radius 2 is 1.95 bits per heavy atom. The average molecular weight is 321 g/mol. The van der Waals surface area contributed by atoms with E-state index in [1.54, 1.807) is 18.4 Å². The molecule has 0 amide bonds. The molecule has 21 heavy (non-hydrogen) atoms. The molecule has 0 atom stereocenters. The maximum Gasteiger partial charge on any atom is 0.227 e. The number of thiophene rings is 1. The van der Waals surface area contributed by atoms with Crippen LogP contribution in [0.5, 0.6) is 11.6 Å². The highest BCUT2D eigenvalue weighted by Gasteiger charge is 2.11. The molecule has 0 spiro atoms. The number of rotatable bonds is 4. The third-order valence-electron chi connectivity index (χ3n) is 2.99. The van der Waals surface area contributed by atoms with E-state index < -0.39 is 0 Å². The summed E-state index contributed by atoms with van der Waals surface area (Å²) in [6, 6.07) is 9.72. The summed E-state index contributed by atoms with van der Waals surface area (Å²) in [7, 11) is 1.64. The van der Waals surface area contributed by atoms with Crippen LogP contribution in [0.25, 0.3) is 10.2 Å². The van der Waals surface area contributed by atoms with Gasteiger partial charge in [0.05, 0.1) is 12.5 Å². The van der Waals surface area contributed by atoms with Gasteiger partial charge in [-0.1, -0.05) is 12.1 Å². The molecule has 0 fully saturated rings. The smallest absolute Gasteiger partial charge is 0.227 e. The van der Waals surface area contributed by atoms with Gasteiger partial charge in [-0.05, 0) is 42.3 Å². The van der Waals surface area contributed by atoms with Crippen LogP contribution in [0.1, 0.15) is 10.4 Å². The van der Waals surface area contributed by atoms with Crippen molar-refractivity contribution in [3.63, 3.8) is 0 Å². The van der Waals surface area contributed by atoms with E-state index in [0.717, 1.165) is 26.4 Å². The molecule has 2 aromatic heterocycles. The van der Waals surface area contributed by atoms with Gasteiger partial charge in [-0.25, -0.2) is 4.98 Å². The predicted octanol–water partition coefficient (Wildman–Crippen LogP) is 4.24. The molecule has 2 heterocycles. The summed E-state index contributed by atoms with van der Waals surface area (Å²) in [5.41, 5.74) is 1.03. The second kappa shape index (κ2) is 5.87. The van der Waals surface area contributed by atoms with Crippen LogP contribution < -0.4 is 9.47 Å². The number of nitrogens with zero attached hydrogens (tertiary/aromatic N) is 2. The van der Waals surface area contributed by atoms with Gasteiger partial charge >= 0.3 is 0 Å². The van der Waals surface area contributed by atoms with E-state index in [-0.39, 0.29) is 5.28 Å². The monoisotopic (exact) mass is 320 g/mol. The number of methoxy groups -OCH3 is 1. The fourth-order valence-electron chi connectivity index (χ4n) is 1.97. The number of ether oxygens (including phenoxy) is 2. The molecular weight excluding hydrogens is 308 g/mol. The summed E-state index contributed by atoms with van der Waals surface area (Å²) < 4.78 is 10.9. The zero-order valence-corrected chi connectivity index (χ0v) is 13.2. The summed E-state index contributed by atoms with van der Waals surface area (Å²) in [5.74, 6) is 1.34. The zero-order valence-electron chi connectivity index (χ0n) is 11.6. The lowest BCUT2D eigenvalue weighted by atomic mass is 10.2. The topological polar surface area (TPSA) is 44.2 Å². The molecule has 0 saturated carbocycles. The summed E-state index contributed by atoms with van der Waals surface area (Å²) >= 11 is 7.52. The van der Waals surface area contributed by atoms with Crippen LogP contribution in [-0.2, 0) is 6.61 Å². The Labute approximate surface area is 131 Å². The van der Waals surface area contributed by atoms with Gasteiger partial charge in [-0.15, -0.1) is 11.3 Å². The van der Waals surface area contributed by atoms with Crippen molar-refractivity contribution in [1.29, 1.82) is 0 Å². The Balaban J connectivity index is 1.83. The predicted molar refractivity (Wildman–Crippen MR) is 84.5 cm³/mol. The first-order valence-corrected chi connectivity index (χ1v) is 7.54. The van der Waals surface area contributed by atoms with Crippen molar-refractivity contribution >= 4 is 33.2 Å². The molecule has 6 heteroatoms. The van der Waals surface area contributed by atoms with Crippen LogP contribution in [0.3, 0.4) is 0 Å². The SMILES string of the molecule is COc1ccc(COc2nc(Cl)nc3sc(C)cc23)cc1. The summed E-state index contributed by atoms with van der Waals surface area (Å²) in [6.45, 7) is 2.44. The number of fused-ring (bicyclic) bond motifs is 1. The maximum atomic E-state index is 5.94. The molecule has 4 nitrogen and oxygen atoms in total. The highest BCUT2D eigenvalue weighted by atomic mass is 35.5. The van der Waals surface area contributed by atoms with Gasteiger partial charge in [0.2, 0.25) is 11.2 Å². The Hall–Kier alpha value is -1.85. The van der Waals surface area contributed by atoms with E-state index in [4.69, 9.17) is 21.1 Å². The molecule has 0 aliphatic carbocycles. The van der Waals surface area contributed by atoms with E-state index in [1.807, 2.05) is 37.3 Å². The van der Waals surface area contributed by atoms with Gasteiger partial charge < -0.3 is 9.47 Å². The van der Waals surface area contributed by atoms with E-state index >= 15 is 0 Å². The van der Waals surface area contributed by atoms with Crippen molar-refractivity contribution in [2.24, 2.45) is 0 Å². The van der Waals surface area contributed by atoms with Crippen molar-refractivity contribution in [2.45, 2.75) is 13.5 Å². The number of aromatic nitrogens is 2. The third-order valence-corrected chi connectivity index (χ3v) is 4.10. The zero-order chi connectivity index (χ0) is 14.8. The summed E-state index contributed by atoms with van der Waals surface area (Å²) in [6.07, 6.45) is 0. The largest absolute Gasteiger partial charge is 0.497 e. The van der Waals surface area contributed by atoms with E-state index in [2.05, 4.69) is 9.97 Å². The van der Waals surface area contributed by atoms with Crippen LogP contribution >= 0.6 is 22.9 Å². The summed E-state index contributed by atoms with van der Waals surface area (Å²) in [5, 5.41) is 1.10. The van der Waals surface area contributed by atoms with Crippen molar-refractivity contribution in [3.05, 3.63) is 46.1 Å². The lowest BCUT2D eigenvalue weighted by Gasteiger charge is -2.07. The number of benzene rings is 1. The molecule has 3 aromatic rings. The van der Waals surface area contributed by atoms with E-state index in [0.29, 0.717) is 12.5 Å². The molecular formula is C15H13ClN2O2S. The Morgan fingerprint density at radius 3 is 2.67 bits per heavy atom. The van der Waals surface area contributed by atoms with Crippen LogP contribution in [0.4, 0.5) is 0 Å². The highest BCUT2D eigenvalue weighted by Crippen LogP contribution is 2.31. The van der Waals surface area contributed by atoms with Crippen molar-refractivity contribution in [1.82, 2.24) is 9.97 Å². The first kappa shape index (κ1) is 14.1. The van der Waals surface area contributed by atoms with Gasteiger partial charge in [0.15, 0.2) is 0 Å². The van der Waals surface area contributed by atoms with Crippen molar-refractivity contribution in [3.8, 4) is 11.6 Å². The Kier molecular flexibility index (Phi) is 3.94. The molecule has 0 unspecified atom stereocenters. The van der Waals surface area contributed by atoms with Gasteiger partial charge in [-0.2, -0.15) is 4.98 Å². The van der Waals surface area contributed by atoms with Crippen LogP contribution in [0, 0.1) is 6.92 Å². The fourth-order valence-corrected chi connectivity index (χ4v) is 3.06. The number of hydrogen-bond acceptors (Lipinski definition) is 5. The second-order valence-electron chi connectivity index (χ2n) is 4.51. The molecule has 3 rings (SSSR count). The second-order valence-corrected chi connectivity index (χ2v) is 6.08. The minimum atomic E-state index is 0.203. The van der Waals surface area contributed by atoms with E-state index in [1.165, 1.54) is 0 Å². The van der Waals surface area contributed by atoms with Crippen LogP contribution in [-0.4, -0.2) is 17.1 Å².